The van der Waals surface area contributed by atoms with E-state index in [-0.39, 0.29) is 11.9 Å². The Morgan fingerprint density at radius 2 is 2.16 bits per heavy atom. The van der Waals surface area contributed by atoms with Crippen LogP contribution in [0, 0.1) is 0 Å². The van der Waals surface area contributed by atoms with Crippen LogP contribution in [0.2, 0.25) is 0 Å². The molecule has 110 valence electrons. The molecule has 6 heteroatoms. The maximum atomic E-state index is 12.2. The summed E-state index contributed by atoms with van der Waals surface area (Å²) in [5, 5.41) is 0. The third kappa shape index (κ3) is 4.08. The molecular formula is C13H25N3O2S. The van der Waals surface area contributed by atoms with Gasteiger partial charge in [-0.05, 0) is 24.9 Å². The summed E-state index contributed by atoms with van der Waals surface area (Å²) in [7, 11) is 0. The van der Waals surface area contributed by atoms with Crippen LogP contribution in [0.3, 0.4) is 0 Å². The van der Waals surface area contributed by atoms with Crippen LogP contribution in [-0.2, 0) is 9.53 Å². The number of nitrogens with two attached hydrogens (primary N) is 1. The van der Waals surface area contributed by atoms with Crippen LogP contribution in [0.25, 0.3) is 0 Å². The van der Waals surface area contributed by atoms with E-state index in [1.807, 2.05) is 11.2 Å². The molecule has 0 aromatic carbocycles. The maximum Gasteiger partial charge on any atom is 0.239 e. The van der Waals surface area contributed by atoms with Crippen LogP contribution in [0.5, 0.6) is 0 Å². The van der Waals surface area contributed by atoms with Crippen molar-refractivity contribution in [3.63, 3.8) is 0 Å². The number of rotatable bonds is 5. The SMILES string of the molecule is CSCC[C@H](N)C(=O)N1CCC(N2CCOCC2)C1. The predicted octanol–water partition coefficient (Wildman–Crippen LogP) is -0.0001000. The number of nitrogens with zero attached hydrogens (tertiary/aromatic N) is 2. The second-order valence-electron chi connectivity index (χ2n) is 5.26. The summed E-state index contributed by atoms with van der Waals surface area (Å²) >= 11 is 1.74. The highest BCUT2D eigenvalue weighted by molar-refractivity contribution is 7.98. The quantitative estimate of drug-likeness (QED) is 0.771. The number of amides is 1. The Bertz CT molecular complexity index is 298. The fourth-order valence-electron chi connectivity index (χ4n) is 2.79. The molecule has 0 spiro atoms. The molecule has 1 amide bonds. The lowest BCUT2D eigenvalue weighted by Crippen LogP contribution is -2.47. The van der Waals surface area contributed by atoms with Gasteiger partial charge in [-0.2, -0.15) is 11.8 Å². The first-order chi connectivity index (χ1) is 9.22. The van der Waals surface area contributed by atoms with E-state index in [1.165, 1.54) is 0 Å². The van der Waals surface area contributed by atoms with Gasteiger partial charge in [-0.25, -0.2) is 0 Å². The number of hydrogen-bond acceptors (Lipinski definition) is 5. The molecule has 1 unspecified atom stereocenters. The van der Waals surface area contributed by atoms with E-state index in [2.05, 4.69) is 4.90 Å². The topological polar surface area (TPSA) is 58.8 Å². The largest absolute Gasteiger partial charge is 0.379 e. The lowest BCUT2D eigenvalue weighted by Gasteiger charge is -2.32. The highest BCUT2D eigenvalue weighted by atomic mass is 32.2. The minimum atomic E-state index is -0.323. The Kier molecular flexibility index (Phi) is 5.94. The van der Waals surface area contributed by atoms with E-state index in [0.29, 0.717) is 6.04 Å². The Morgan fingerprint density at radius 3 is 2.84 bits per heavy atom. The Morgan fingerprint density at radius 1 is 1.42 bits per heavy atom. The van der Waals surface area contributed by atoms with Gasteiger partial charge >= 0.3 is 0 Å². The van der Waals surface area contributed by atoms with Crippen molar-refractivity contribution in [2.45, 2.75) is 24.9 Å². The predicted molar refractivity (Wildman–Crippen MR) is 78.4 cm³/mol. The average Bonchev–Trinajstić information content (AvgIpc) is 2.94. The molecule has 2 atom stereocenters. The van der Waals surface area contributed by atoms with Gasteiger partial charge < -0.3 is 15.4 Å². The van der Waals surface area contributed by atoms with Crippen molar-refractivity contribution in [3.8, 4) is 0 Å². The normalized spacial score (nSPS) is 26.6. The monoisotopic (exact) mass is 287 g/mol. The molecule has 2 N–H and O–H groups in total. The number of thioether (sulfide) groups is 1. The van der Waals surface area contributed by atoms with Crippen molar-refractivity contribution >= 4 is 17.7 Å². The molecule has 2 heterocycles. The molecule has 5 nitrogen and oxygen atoms in total. The van der Waals surface area contributed by atoms with Crippen LogP contribution in [0.1, 0.15) is 12.8 Å². The van der Waals surface area contributed by atoms with Gasteiger partial charge in [0.05, 0.1) is 19.3 Å². The van der Waals surface area contributed by atoms with Gasteiger partial charge in [0.2, 0.25) is 5.91 Å². The zero-order valence-corrected chi connectivity index (χ0v) is 12.5. The number of likely N-dealkylation sites (tertiary alicyclic amines) is 1. The van der Waals surface area contributed by atoms with Gasteiger partial charge in [0, 0.05) is 32.2 Å². The standard InChI is InChI=1S/C13H25N3O2S/c1-19-9-3-12(14)13(17)16-4-2-11(10-16)15-5-7-18-8-6-15/h11-12H,2-10,14H2,1H3/t11?,12-/m0/s1. The summed E-state index contributed by atoms with van der Waals surface area (Å²) in [4.78, 5) is 16.6. The minimum Gasteiger partial charge on any atom is -0.379 e. The Labute approximate surface area is 119 Å². The Balaban J connectivity index is 1.78. The van der Waals surface area contributed by atoms with Crippen LogP contribution < -0.4 is 5.73 Å². The van der Waals surface area contributed by atoms with E-state index >= 15 is 0 Å². The van der Waals surface area contributed by atoms with Crippen LogP contribution in [0.15, 0.2) is 0 Å². The van der Waals surface area contributed by atoms with Crippen molar-refractivity contribution in [2.24, 2.45) is 5.73 Å². The molecule has 2 rings (SSSR count). The second-order valence-corrected chi connectivity index (χ2v) is 6.25. The smallest absolute Gasteiger partial charge is 0.239 e. The number of ether oxygens (including phenoxy) is 1. The zero-order chi connectivity index (χ0) is 13.7. The third-order valence-corrected chi connectivity index (χ3v) is 4.63. The molecule has 0 saturated carbocycles. The molecule has 0 radical (unpaired) electrons. The number of carbonyl (C=O) groups is 1. The lowest BCUT2D eigenvalue weighted by molar-refractivity contribution is -0.131. The van der Waals surface area contributed by atoms with Gasteiger partial charge in [0.15, 0.2) is 0 Å². The van der Waals surface area contributed by atoms with Gasteiger partial charge in [0.25, 0.3) is 0 Å². The van der Waals surface area contributed by atoms with Gasteiger partial charge in [-0.1, -0.05) is 0 Å². The van der Waals surface area contributed by atoms with Gasteiger partial charge in [-0.3, -0.25) is 9.69 Å². The first-order valence-corrected chi connectivity index (χ1v) is 8.47. The summed E-state index contributed by atoms with van der Waals surface area (Å²) in [6, 6.07) is 0.177. The highest BCUT2D eigenvalue weighted by Gasteiger charge is 2.32. The Hall–Kier alpha value is -0.300. The average molecular weight is 287 g/mol. The summed E-state index contributed by atoms with van der Waals surface area (Å²) in [5.41, 5.74) is 5.97. The molecule has 19 heavy (non-hydrogen) atoms. The number of hydrogen-bond donors (Lipinski definition) is 1. The van der Waals surface area contributed by atoms with Gasteiger partial charge in [-0.15, -0.1) is 0 Å². The van der Waals surface area contributed by atoms with Crippen molar-refractivity contribution in [3.05, 3.63) is 0 Å². The van der Waals surface area contributed by atoms with Crippen LogP contribution in [0.4, 0.5) is 0 Å². The molecule has 0 aromatic heterocycles. The molecule has 2 aliphatic heterocycles. The van der Waals surface area contributed by atoms with E-state index in [0.717, 1.165) is 58.0 Å². The summed E-state index contributed by atoms with van der Waals surface area (Å²) in [6.07, 6.45) is 3.89. The second kappa shape index (κ2) is 7.47. The summed E-state index contributed by atoms with van der Waals surface area (Å²) < 4.78 is 5.37. The van der Waals surface area contributed by atoms with Crippen molar-refractivity contribution in [1.82, 2.24) is 9.80 Å². The van der Waals surface area contributed by atoms with Crippen molar-refractivity contribution in [1.29, 1.82) is 0 Å². The molecule has 2 fully saturated rings. The first-order valence-electron chi connectivity index (χ1n) is 7.07. The molecule has 0 bridgehead atoms. The fourth-order valence-corrected chi connectivity index (χ4v) is 3.28. The van der Waals surface area contributed by atoms with Crippen LogP contribution in [-0.4, -0.2) is 79.2 Å². The molecule has 2 aliphatic rings. The van der Waals surface area contributed by atoms with E-state index in [1.54, 1.807) is 11.8 Å². The van der Waals surface area contributed by atoms with E-state index < -0.39 is 0 Å². The fraction of sp³-hybridized carbons (Fsp3) is 0.923. The third-order valence-electron chi connectivity index (χ3n) is 3.99. The maximum absolute atomic E-state index is 12.2. The minimum absolute atomic E-state index is 0.129. The van der Waals surface area contributed by atoms with Crippen LogP contribution >= 0.6 is 11.8 Å². The van der Waals surface area contributed by atoms with Crippen molar-refractivity contribution < 1.29 is 9.53 Å². The highest BCUT2D eigenvalue weighted by Crippen LogP contribution is 2.18. The molecular weight excluding hydrogens is 262 g/mol. The summed E-state index contributed by atoms with van der Waals surface area (Å²) in [5.74, 6) is 1.08. The zero-order valence-electron chi connectivity index (χ0n) is 11.7. The number of morpholine rings is 1. The number of carbonyl (C=O) groups excluding carboxylic acids is 1. The lowest BCUT2D eigenvalue weighted by atomic mass is 10.2. The molecule has 0 aliphatic carbocycles. The van der Waals surface area contributed by atoms with Crippen molar-refractivity contribution in [2.75, 3.05) is 51.4 Å². The molecule has 0 aromatic rings. The van der Waals surface area contributed by atoms with E-state index in [9.17, 15) is 4.79 Å². The van der Waals surface area contributed by atoms with E-state index in [4.69, 9.17) is 10.5 Å². The summed E-state index contributed by atoms with van der Waals surface area (Å²) in [6.45, 7) is 5.31. The first kappa shape index (κ1) is 15.1. The van der Waals surface area contributed by atoms with Gasteiger partial charge in [0.1, 0.15) is 0 Å². The molecule has 2 saturated heterocycles.